The fourth-order valence-corrected chi connectivity index (χ4v) is 2.49. The number of hydrogen-bond donors (Lipinski definition) is 1. The number of hydrogen-bond acceptors (Lipinski definition) is 3. The van der Waals surface area contributed by atoms with Gasteiger partial charge in [0.05, 0.1) is 12.4 Å². The summed E-state index contributed by atoms with van der Waals surface area (Å²) in [7, 11) is -3.05. The normalized spacial score (nSPS) is 13.8. The Bertz CT molecular complexity index is 406. The van der Waals surface area contributed by atoms with Crippen LogP contribution in [0.4, 0.5) is 0 Å². The smallest absolute Gasteiger partial charge is 0.148 e. The maximum Gasteiger partial charge on any atom is 0.148 e. The maximum atomic E-state index is 11.1. The van der Waals surface area contributed by atoms with Crippen LogP contribution in [0.2, 0.25) is 0 Å². The van der Waals surface area contributed by atoms with Crippen LogP contribution in [0.15, 0.2) is 24.3 Å². The van der Waals surface area contributed by atoms with Crippen molar-refractivity contribution in [2.45, 2.75) is 12.8 Å². The highest BCUT2D eigenvalue weighted by Gasteiger charge is 2.16. The van der Waals surface area contributed by atoms with Crippen LogP contribution in [-0.4, -0.2) is 32.1 Å². The van der Waals surface area contributed by atoms with E-state index in [0.29, 0.717) is 0 Å². The van der Waals surface area contributed by atoms with Crippen molar-refractivity contribution in [2.24, 2.45) is 0 Å². The zero-order valence-corrected chi connectivity index (χ0v) is 9.79. The van der Waals surface area contributed by atoms with E-state index in [1.165, 1.54) is 6.26 Å². The standard InChI is InChI=1S/C11H16O3S/c1-9-3-5-10(6-4-9)11(7-12)8-15(2,13)14/h3-6,11-12H,7-8H2,1-2H3. The molecule has 0 aromatic heterocycles. The molecular weight excluding hydrogens is 212 g/mol. The van der Waals surface area contributed by atoms with Crippen LogP contribution < -0.4 is 0 Å². The van der Waals surface area contributed by atoms with E-state index in [1.54, 1.807) is 0 Å². The molecule has 0 aliphatic heterocycles. The van der Waals surface area contributed by atoms with Crippen LogP contribution >= 0.6 is 0 Å². The van der Waals surface area contributed by atoms with Crippen LogP contribution in [0.1, 0.15) is 17.0 Å². The minimum absolute atomic E-state index is 0.00738. The Morgan fingerprint density at radius 1 is 1.27 bits per heavy atom. The van der Waals surface area contributed by atoms with E-state index in [4.69, 9.17) is 5.11 Å². The lowest BCUT2D eigenvalue weighted by molar-refractivity contribution is 0.273. The maximum absolute atomic E-state index is 11.1. The molecule has 15 heavy (non-hydrogen) atoms. The van der Waals surface area contributed by atoms with Crippen molar-refractivity contribution in [2.75, 3.05) is 18.6 Å². The SMILES string of the molecule is Cc1ccc(C(CO)CS(C)(=O)=O)cc1. The summed E-state index contributed by atoms with van der Waals surface area (Å²) in [5.74, 6) is -0.326. The van der Waals surface area contributed by atoms with Crippen molar-refractivity contribution < 1.29 is 13.5 Å². The molecule has 0 aliphatic rings. The second-order valence-corrected chi connectivity index (χ2v) is 6.07. The molecule has 1 unspecified atom stereocenters. The van der Waals surface area contributed by atoms with E-state index < -0.39 is 9.84 Å². The summed E-state index contributed by atoms with van der Waals surface area (Å²) in [6, 6.07) is 7.56. The molecular formula is C11H16O3S. The molecule has 1 rings (SSSR count). The van der Waals surface area contributed by atoms with Crippen molar-refractivity contribution in [3.05, 3.63) is 35.4 Å². The third-order valence-corrected chi connectivity index (χ3v) is 3.28. The molecule has 0 fully saturated rings. The Kier molecular flexibility index (Phi) is 3.88. The minimum atomic E-state index is -3.05. The first-order valence-electron chi connectivity index (χ1n) is 4.77. The lowest BCUT2D eigenvalue weighted by Crippen LogP contribution is -2.16. The molecule has 0 bridgehead atoms. The van der Waals surface area contributed by atoms with Gasteiger partial charge < -0.3 is 5.11 Å². The van der Waals surface area contributed by atoms with Crippen LogP contribution in [0.25, 0.3) is 0 Å². The third-order valence-electron chi connectivity index (χ3n) is 2.27. The van der Waals surface area contributed by atoms with Gasteiger partial charge in [0.1, 0.15) is 9.84 Å². The Morgan fingerprint density at radius 2 is 1.80 bits per heavy atom. The monoisotopic (exact) mass is 228 g/mol. The molecule has 1 atom stereocenters. The Hall–Kier alpha value is -0.870. The van der Waals surface area contributed by atoms with Gasteiger partial charge in [-0.25, -0.2) is 8.42 Å². The zero-order valence-electron chi connectivity index (χ0n) is 8.97. The quantitative estimate of drug-likeness (QED) is 0.840. The highest BCUT2D eigenvalue weighted by Crippen LogP contribution is 2.17. The first-order chi connectivity index (χ1) is 6.92. The van der Waals surface area contributed by atoms with E-state index in [1.807, 2.05) is 31.2 Å². The average molecular weight is 228 g/mol. The molecule has 0 heterocycles. The molecule has 0 saturated heterocycles. The minimum Gasteiger partial charge on any atom is -0.396 e. The van der Waals surface area contributed by atoms with Crippen molar-refractivity contribution in [1.29, 1.82) is 0 Å². The molecule has 1 aromatic rings. The van der Waals surface area contributed by atoms with Gasteiger partial charge in [0.15, 0.2) is 0 Å². The van der Waals surface area contributed by atoms with Crippen molar-refractivity contribution in [3.8, 4) is 0 Å². The van der Waals surface area contributed by atoms with Crippen molar-refractivity contribution >= 4 is 9.84 Å². The van der Waals surface area contributed by atoms with Gasteiger partial charge >= 0.3 is 0 Å². The fraction of sp³-hybridized carbons (Fsp3) is 0.455. The molecule has 0 radical (unpaired) electrons. The molecule has 3 nitrogen and oxygen atoms in total. The van der Waals surface area contributed by atoms with Gasteiger partial charge in [0.25, 0.3) is 0 Å². The van der Waals surface area contributed by atoms with Crippen LogP contribution in [0, 0.1) is 6.92 Å². The van der Waals surface area contributed by atoms with Gasteiger partial charge in [-0.1, -0.05) is 29.8 Å². The van der Waals surface area contributed by atoms with Crippen molar-refractivity contribution in [1.82, 2.24) is 0 Å². The van der Waals surface area contributed by atoms with Gasteiger partial charge in [-0.2, -0.15) is 0 Å². The predicted molar refractivity (Wildman–Crippen MR) is 60.7 cm³/mol. The topological polar surface area (TPSA) is 54.4 Å². The van der Waals surface area contributed by atoms with E-state index >= 15 is 0 Å². The molecule has 1 N–H and O–H groups in total. The van der Waals surface area contributed by atoms with E-state index in [2.05, 4.69) is 0 Å². The molecule has 84 valence electrons. The Balaban J connectivity index is 2.88. The Morgan fingerprint density at radius 3 is 2.20 bits per heavy atom. The van der Waals surface area contributed by atoms with Gasteiger partial charge in [0, 0.05) is 12.2 Å². The summed E-state index contributed by atoms with van der Waals surface area (Å²) in [5.41, 5.74) is 1.99. The summed E-state index contributed by atoms with van der Waals surface area (Å²) in [6.45, 7) is 1.82. The fourth-order valence-electron chi connectivity index (χ4n) is 1.46. The number of benzene rings is 1. The summed E-state index contributed by atoms with van der Waals surface area (Å²) >= 11 is 0. The largest absolute Gasteiger partial charge is 0.396 e. The lowest BCUT2D eigenvalue weighted by atomic mass is 10.0. The Labute approximate surface area is 90.7 Å². The highest BCUT2D eigenvalue weighted by atomic mass is 32.2. The van der Waals surface area contributed by atoms with Crippen LogP contribution in [0.3, 0.4) is 0 Å². The number of aliphatic hydroxyl groups is 1. The first-order valence-corrected chi connectivity index (χ1v) is 6.83. The van der Waals surface area contributed by atoms with Gasteiger partial charge in [0.2, 0.25) is 0 Å². The average Bonchev–Trinajstić information content (AvgIpc) is 2.14. The third kappa shape index (κ3) is 4.01. The van der Waals surface area contributed by atoms with Gasteiger partial charge in [-0.05, 0) is 12.5 Å². The molecule has 0 spiro atoms. The number of aryl methyl sites for hydroxylation is 1. The van der Waals surface area contributed by atoms with E-state index in [-0.39, 0.29) is 18.3 Å². The number of rotatable bonds is 4. The second kappa shape index (κ2) is 4.77. The molecule has 0 aliphatic carbocycles. The van der Waals surface area contributed by atoms with Crippen molar-refractivity contribution in [3.63, 3.8) is 0 Å². The van der Waals surface area contributed by atoms with Gasteiger partial charge in [-0.15, -0.1) is 0 Å². The molecule has 0 saturated carbocycles. The summed E-state index contributed by atoms with van der Waals surface area (Å²) in [4.78, 5) is 0. The number of sulfone groups is 1. The second-order valence-electron chi connectivity index (χ2n) is 3.88. The number of aliphatic hydroxyl groups excluding tert-OH is 1. The lowest BCUT2D eigenvalue weighted by Gasteiger charge is -2.13. The summed E-state index contributed by atoms with van der Waals surface area (Å²) < 4.78 is 22.3. The van der Waals surface area contributed by atoms with E-state index in [9.17, 15) is 8.42 Å². The van der Waals surface area contributed by atoms with Crippen LogP contribution in [-0.2, 0) is 9.84 Å². The molecule has 1 aromatic carbocycles. The van der Waals surface area contributed by atoms with Crippen LogP contribution in [0.5, 0.6) is 0 Å². The van der Waals surface area contributed by atoms with Gasteiger partial charge in [-0.3, -0.25) is 0 Å². The first kappa shape index (κ1) is 12.2. The summed E-state index contributed by atoms with van der Waals surface area (Å²) in [6.07, 6.45) is 1.18. The summed E-state index contributed by atoms with van der Waals surface area (Å²) in [5, 5.41) is 9.15. The van der Waals surface area contributed by atoms with E-state index in [0.717, 1.165) is 11.1 Å². The highest BCUT2D eigenvalue weighted by molar-refractivity contribution is 7.90. The zero-order chi connectivity index (χ0) is 11.5. The molecule has 0 amide bonds. The predicted octanol–water partition coefficient (Wildman–Crippen LogP) is 1.12. The molecule has 4 heteroatoms.